The Balaban J connectivity index is 1.51. The van der Waals surface area contributed by atoms with E-state index in [2.05, 4.69) is 19.9 Å². The van der Waals surface area contributed by atoms with Gasteiger partial charge in [0, 0.05) is 40.6 Å². The summed E-state index contributed by atoms with van der Waals surface area (Å²) in [5, 5.41) is 7.90. The van der Waals surface area contributed by atoms with Crippen molar-refractivity contribution in [1.82, 2.24) is 19.7 Å². The summed E-state index contributed by atoms with van der Waals surface area (Å²) in [5.41, 5.74) is 3.64. The largest absolute Gasteiger partial charge is 0.435 e. The van der Waals surface area contributed by atoms with Gasteiger partial charge < -0.3 is 13.7 Å². The van der Waals surface area contributed by atoms with E-state index in [1.54, 1.807) is 43.6 Å². The van der Waals surface area contributed by atoms with Crippen LogP contribution in [0.4, 0.5) is 8.78 Å². The molecule has 4 rings (SSSR count). The summed E-state index contributed by atoms with van der Waals surface area (Å²) in [7, 11) is 0. The predicted molar refractivity (Wildman–Crippen MR) is 119 cm³/mol. The molecule has 4 aromatic rings. The van der Waals surface area contributed by atoms with Gasteiger partial charge in [-0.2, -0.15) is 8.78 Å². The summed E-state index contributed by atoms with van der Waals surface area (Å²) in [6.07, 6.45) is 3.27. The number of pyridine rings is 1. The Kier molecular flexibility index (Phi) is 6.55. The van der Waals surface area contributed by atoms with Crippen LogP contribution in [-0.4, -0.2) is 37.4 Å². The Morgan fingerprint density at radius 2 is 1.79 bits per heavy atom. The average molecular weight is 471 g/mol. The molecule has 0 N–H and O–H groups in total. The van der Waals surface area contributed by atoms with Crippen molar-refractivity contribution in [3.63, 3.8) is 0 Å². The van der Waals surface area contributed by atoms with Crippen LogP contribution >= 0.6 is 11.8 Å². The topological polar surface area (TPSA) is 83.0 Å². The molecule has 0 amide bonds. The number of carbonyl (C=O) groups is 1. The lowest BCUT2D eigenvalue weighted by Gasteiger charge is -2.12. The number of benzene rings is 1. The number of ketones is 1. The Bertz CT molecular complexity index is 1260. The van der Waals surface area contributed by atoms with Crippen LogP contribution in [0, 0.1) is 13.8 Å². The molecule has 0 bridgehead atoms. The molecule has 10 heteroatoms. The molecule has 33 heavy (non-hydrogen) atoms. The Hall–Kier alpha value is -3.53. The van der Waals surface area contributed by atoms with E-state index >= 15 is 0 Å². The molecule has 0 spiro atoms. The highest BCUT2D eigenvalue weighted by Crippen LogP contribution is 2.30. The van der Waals surface area contributed by atoms with Crippen LogP contribution in [-0.2, 0) is 0 Å². The number of carbonyl (C=O) groups excluding carboxylic acids is 1. The van der Waals surface area contributed by atoms with E-state index in [4.69, 9.17) is 4.42 Å². The van der Waals surface area contributed by atoms with Crippen LogP contribution in [0.1, 0.15) is 28.7 Å². The summed E-state index contributed by atoms with van der Waals surface area (Å²) in [6.45, 7) is 2.62. The molecule has 0 aliphatic rings. The quantitative estimate of drug-likeness (QED) is 0.248. The number of nitrogens with zero attached hydrogens (tertiary/aromatic N) is 4. The number of rotatable bonds is 8. The smallest absolute Gasteiger partial charge is 0.387 e. The van der Waals surface area contributed by atoms with Gasteiger partial charge in [-0.25, -0.2) is 0 Å². The summed E-state index contributed by atoms with van der Waals surface area (Å²) in [5.74, 6) is 0.348. The molecule has 170 valence electrons. The number of Topliss-reactive ketones (excluding diaryl/α,β-unsaturated/α-hetero) is 1. The fourth-order valence-corrected chi connectivity index (χ4v) is 4.23. The molecule has 0 aliphatic carbocycles. The van der Waals surface area contributed by atoms with E-state index in [1.165, 1.54) is 23.9 Å². The van der Waals surface area contributed by atoms with E-state index in [-0.39, 0.29) is 11.5 Å². The zero-order chi connectivity index (χ0) is 23.5. The fourth-order valence-electron chi connectivity index (χ4n) is 3.48. The molecule has 7 nitrogen and oxygen atoms in total. The first-order valence-electron chi connectivity index (χ1n) is 10.0. The number of hydrogen-bond acceptors (Lipinski definition) is 7. The number of thioether (sulfide) groups is 1. The summed E-state index contributed by atoms with van der Waals surface area (Å²) < 4.78 is 36.8. The lowest BCUT2D eigenvalue weighted by atomic mass is 10.1. The molecule has 1 unspecified atom stereocenters. The third-order valence-electron chi connectivity index (χ3n) is 5.00. The van der Waals surface area contributed by atoms with Gasteiger partial charge in [0.1, 0.15) is 5.75 Å². The van der Waals surface area contributed by atoms with Crippen molar-refractivity contribution in [2.24, 2.45) is 0 Å². The van der Waals surface area contributed by atoms with Gasteiger partial charge in [0.15, 0.2) is 5.78 Å². The van der Waals surface area contributed by atoms with Gasteiger partial charge in [-0.3, -0.25) is 9.78 Å². The van der Waals surface area contributed by atoms with E-state index in [1.807, 2.05) is 24.5 Å². The molecule has 3 heterocycles. The number of aryl methyl sites for hydroxylation is 1. The van der Waals surface area contributed by atoms with Crippen molar-refractivity contribution in [2.45, 2.75) is 37.9 Å². The normalized spacial score (nSPS) is 12.2. The second-order valence-corrected chi connectivity index (χ2v) is 8.52. The zero-order valence-corrected chi connectivity index (χ0v) is 18.8. The first-order valence-corrected chi connectivity index (χ1v) is 10.9. The third-order valence-corrected chi connectivity index (χ3v) is 5.93. The zero-order valence-electron chi connectivity index (χ0n) is 18.0. The number of alkyl halides is 2. The van der Waals surface area contributed by atoms with Gasteiger partial charge in [-0.15, -0.1) is 10.2 Å². The van der Waals surface area contributed by atoms with Crippen molar-refractivity contribution in [3.8, 4) is 22.9 Å². The predicted octanol–water partition coefficient (Wildman–Crippen LogP) is 5.50. The molecule has 1 aromatic carbocycles. The highest BCUT2D eigenvalue weighted by molar-refractivity contribution is 8.00. The van der Waals surface area contributed by atoms with Crippen molar-refractivity contribution >= 4 is 17.5 Å². The summed E-state index contributed by atoms with van der Waals surface area (Å²) in [4.78, 5) is 17.1. The average Bonchev–Trinajstić information content (AvgIpc) is 3.38. The SMILES string of the molecule is Cc1cc(C(=O)C(C)Sc2nnc(-c3ccncc3)o2)c(C)n1-c1ccc(OC(F)F)cc1. The molecule has 3 aromatic heterocycles. The highest BCUT2D eigenvalue weighted by atomic mass is 32.2. The lowest BCUT2D eigenvalue weighted by molar-refractivity contribution is -0.0498. The minimum absolute atomic E-state index is 0.0724. The molecule has 0 saturated heterocycles. The Morgan fingerprint density at radius 1 is 1.09 bits per heavy atom. The molecule has 0 aliphatic heterocycles. The first kappa shape index (κ1) is 22.7. The van der Waals surface area contributed by atoms with Gasteiger partial charge in [-0.05, 0) is 63.2 Å². The monoisotopic (exact) mass is 470 g/mol. The van der Waals surface area contributed by atoms with Crippen LogP contribution in [0.15, 0.2) is 64.5 Å². The van der Waals surface area contributed by atoms with Gasteiger partial charge >= 0.3 is 6.61 Å². The number of aromatic nitrogens is 4. The maximum atomic E-state index is 13.2. The van der Waals surface area contributed by atoms with Gasteiger partial charge in [-0.1, -0.05) is 11.8 Å². The number of halogens is 2. The van der Waals surface area contributed by atoms with Gasteiger partial charge in [0.2, 0.25) is 5.89 Å². The minimum Gasteiger partial charge on any atom is -0.435 e. The van der Waals surface area contributed by atoms with E-state index in [0.717, 1.165) is 22.6 Å². The second kappa shape index (κ2) is 9.53. The third kappa shape index (κ3) is 4.95. The van der Waals surface area contributed by atoms with Crippen molar-refractivity contribution in [2.75, 3.05) is 0 Å². The first-order chi connectivity index (χ1) is 15.8. The van der Waals surface area contributed by atoms with Crippen LogP contribution in [0.25, 0.3) is 17.1 Å². The highest BCUT2D eigenvalue weighted by Gasteiger charge is 2.24. The van der Waals surface area contributed by atoms with Gasteiger partial charge in [0.25, 0.3) is 5.22 Å². The molecule has 0 radical (unpaired) electrons. The summed E-state index contributed by atoms with van der Waals surface area (Å²) in [6, 6.07) is 11.6. The second-order valence-electron chi connectivity index (χ2n) is 7.23. The molecular weight excluding hydrogens is 450 g/mol. The lowest BCUT2D eigenvalue weighted by Crippen LogP contribution is -2.14. The van der Waals surface area contributed by atoms with Crippen LogP contribution in [0.2, 0.25) is 0 Å². The maximum Gasteiger partial charge on any atom is 0.387 e. The Morgan fingerprint density at radius 3 is 2.45 bits per heavy atom. The standard InChI is InChI=1S/C23H20F2N4O3S/c1-13-12-19(14(2)29(13)17-4-6-18(7-5-17)31-22(24)25)20(30)15(3)33-23-28-27-21(32-23)16-8-10-26-11-9-16/h4-12,15,22H,1-3H3. The maximum absolute atomic E-state index is 13.2. The molecular formula is C23H20F2N4O3S. The molecule has 0 fully saturated rings. The van der Waals surface area contributed by atoms with E-state index < -0.39 is 11.9 Å². The van der Waals surface area contributed by atoms with Crippen LogP contribution < -0.4 is 4.74 Å². The van der Waals surface area contributed by atoms with Crippen LogP contribution in [0.5, 0.6) is 5.75 Å². The number of ether oxygens (including phenoxy) is 1. The van der Waals surface area contributed by atoms with Crippen molar-refractivity contribution < 1.29 is 22.7 Å². The molecule has 0 saturated carbocycles. The van der Waals surface area contributed by atoms with E-state index in [9.17, 15) is 13.6 Å². The summed E-state index contributed by atoms with van der Waals surface area (Å²) >= 11 is 1.19. The molecule has 1 atom stereocenters. The van der Waals surface area contributed by atoms with Gasteiger partial charge in [0.05, 0.1) is 5.25 Å². The number of hydrogen-bond donors (Lipinski definition) is 0. The van der Waals surface area contributed by atoms with E-state index in [0.29, 0.717) is 16.7 Å². The van der Waals surface area contributed by atoms with Crippen LogP contribution in [0.3, 0.4) is 0 Å². The minimum atomic E-state index is -2.88. The Labute approximate surface area is 192 Å². The van der Waals surface area contributed by atoms with Crippen molar-refractivity contribution in [3.05, 3.63) is 71.8 Å². The fraction of sp³-hybridized carbons (Fsp3) is 0.217. The van der Waals surface area contributed by atoms with Crippen molar-refractivity contribution in [1.29, 1.82) is 0 Å².